The number of carbonyl (C=O) groups excluding carboxylic acids is 2. The smallest absolute Gasteiger partial charge is 0.300 e. The third-order valence-corrected chi connectivity index (χ3v) is 7.42. The zero-order chi connectivity index (χ0) is 27.2. The van der Waals surface area contributed by atoms with Crippen molar-refractivity contribution in [3.8, 4) is 0 Å². The molecule has 0 aliphatic carbocycles. The maximum atomic E-state index is 13.6. The third kappa shape index (κ3) is 4.41. The van der Waals surface area contributed by atoms with Crippen LogP contribution in [0, 0.1) is 0 Å². The molecule has 1 fully saturated rings. The number of carbonyl (C=O) groups is 2. The molecule has 1 N–H and O–H groups in total. The van der Waals surface area contributed by atoms with Gasteiger partial charge >= 0.3 is 0 Å². The summed E-state index contributed by atoms with van der Waals surface area (Å²) in [4.78, 5) is 28.7. The van der Waals surface area contributed by atoms with Crippen LogP contribution in [0.3, 0.4) is 0 Å². The normalized spacial score (nSPS) is 17.5. The van der Waals surface area contributed by atoms with Crippen molar-refractivity contribution >= 4 is 33.9 Å². The van der Waals surface area contributed by atoms with Gasteiger partial charge in [0.2, 0.25) is 0 Å². The Balaban J connectivity index is 1.73. The summed E-state index contributed by atoms with van der Waals surface area (Å²) in [6, 6.07) is 28.3. The van der Waals surface area contributed by atoms with E-state index in [-0.39, 0.29) is 16.7 Å². The van der Waals surface area contributed by atoms with Crippen LogP contribution in [0.1, 0.15) is 68.8 Å². The molecule has 0 spiro atoms. The molecule has 5 rings (SSSR count). The second-order valence-electron chi connectivity index (χ2n) is 11.3. The Bertz CT molecular complexity index is 1550. The molecule has 4 heteroatoms. The molecule has 0 saturated carbocycles. The van der Waals surface area contributed by atoms with E-state index in [2.05, 4.69) is 34.6 Å². The highest BCUT2D eigenvalue weighted by Crippen LogP contribution is 2.43. The molecule has 1 aliphatic heterocycles. The largest absolute Gasteiger partial charge is 0.507 e. The van der Waals surface area contributed by atoms with Gasteiger partial charge in [0.05, 0.1) is 11.6 Å². The molecule has 1 saturated heterocycles. The summed E-state index contributed by atoms with van der Waals surface area (Å²) >= 11 is 0. The Morgan fingerprint density at radius 3 is 2.08 bits per heavy atom. The van der Waals surface area contributed by atoms with Gasteiger partial charge in [-0.15, -0.1) is 0 Å². The molecule has 1 atom stereocenters. The monoisotopic (exact) mass is 503 g/mol. The highest BCUT2D eigenvalue weighted by Gasteiger charge is 2.47. The van der Waals surface area contributed by atoms with Gasteiger partial charge in [0, 0.05) is 11.3 Å². The van der Waals surface area contributed by atoms with Crippen LogP contribution in [0.5, 0.6) is 0 Å². The minimum absolute atomic E-state index is 0.0457. The van der Waals surface area contributed by atoms with E-state index in [0.717, 1.165) is 27.5 Å². The van der Waals surface area contributed by atoms with Crippen LogP contribution in [0.15, 0.2) is 96.6 Å². The van der Waals surface area contributed by atoms with Crippen LogP contribution in [0.25, 0.3) is 16.5 Å². The lowest BCUT2D eigenvalue weighted by Gasteiger charge is -2.27. The Labute approximate surface area is 224 Å². The first-order valence-corrected chi connectivity index (χ1v) is 13.1. The van der Waals surface area contributed by atoms with E-state index < -0.39 is 17.7 Å². The molecule has 0 bridgehead atoms. The first kappa shape index (κ1) is 25.5. The first-order valence-electron chi connectivity index (χ1n) is 13.1. The van der Waals surface area contributed by atoms with Crippen molar-refractivity contribution in [3.05, 3.63) is 119 Å². The number of aliphatic hydroxyl groups excluding tert-OH is 1. The summed E-state index contributed by atoms with van der Waals surface area (Å²) < 4.78 is 0. The van der Waals surface area contributed by atoms with E-state index in [1.807, 2.05) is 84.9 Å². The summed E-state index contributed by atoms with van der Waals surface area (Å²) in [6.45, 7) is 10.7. The summed E-state index contributed by atoms with van der Waals surface area (Å²) in [5.74, 6) is -1.15. The van der Waals surface area contributed by atoms with Gasteiger partial charge in [-0.3, -0.25) is 14.5 Å². The Morgan fingerprint density at radius 2 is 1.45 bits per heavy atom. The van der Waals surface area contributed by atoms with E-state index in [9.17, 15) is 14.7 Å². The molecule has 0 radical (unpaired) electrons. The van der Waals surface area contributed by atoms with Gasteiger partial charge in [-0.2, -0.15) is 0 Å². The molecular weight excluding hydrogens is 470 g/mol. The molecule has 0 aromatic heterocycles. The van der Waals surface area contributed by atoms with E-state index >= 15 is 0 Å². The number of ketones is 1. The van der Waals surface area contributed by atoms with Crippen LogP contribution in [0.4, 0.5) is 5.69 Å². The van der Waals surface area contributed by atoms with Gasteiger partial charge in [-0.1, -0.05) is 113 Å². The fourth-order valence-electron chi connectivity index (χ4n) is 5.18. The highest BCUT2D eigenvalue weighted by molar-refractivity contribution is 6.51. The number of aliphatic hydroxyl groups is 1. The van der Waals surface area contributed by atoms with Crippen molar-refractivity contribution in [1.82, 2.24) is 0 Å². The number of fused-ring (bicyclic) bond motifs is 1. The fraction of sp³-hybridized carbons (Fsp3) is 0.235. The molecule has 1 heterocycles. The lowest BCUT2D eigenvalue weighted by Crippen LogP contribution is -2.29. The van der Waals surface area contributed by atoms with Crippen molar-refractivity contribution in [2.24, 2.45) is 0 Å². The molecule has 1 amide bonds. The predicted octanol–water partition coefficient (Wildman–Crippen LogP) is 7.89. The van der Waals surface area contributed by atoms with Crippen LogP contribution < -0.4 is 4.90 Å². The zero-order valence-corrected chi connectivity index (χ0v) is 22.5. The molecule has 4 aromatic carbocycles. The summed E-state index contributed by atoms with van der Waals surface area (Å²) in [5.41, 5.74) is 4.28. The van der Waals surface area contributed by atoms with Gasteiger partial charge in [0.1, 0.15) is 5.76 Å². The average Bonchev–Trinajstić information content (AvgIpc) is 3.17. The third-order valence-electron chi connectivity index (χ3n) is 7.42. The van der Waals surface area contributed by atoms with Gasteiger partial charge in [0.25, 0.3) is 11.7 Å². The van der Waals surface area contributed by atoms with Gasteiger partial charge in [0.15, 0.2) is 0 Å². The number of rotatable bonds is 4. The number of anilines is 1. The number of hydrogen-bond donors (Lipinski definition) is 1. The summed E-state index contributed by atoms with van der Waals surface area (Å²) in [6.07, 6.45) is 0. The molecule has 38 heavy (non-hydrogen) atoms. The van der Waals surface area contributed by atoms with Crippen molar-refractivity contribution < 1.29 is 14.7 Å². The minimum Gasteiger partial charge on any atom is -0.507 e. The van der Waals surface area contributed by atoms with Gasteiger partial charge in [-0.05, 0) is 50.9 Å². The maximum absolute atomic E-state index is 13.6. The van der Waals surface area contributed by atoms with E-state index in [1.165, 1.54) is 4.90 Å². The highest BCUT2D eigenvalue weighted by atomic mass is 16.3. The number of nitrogens with zero attached hydrogens (tertiary/aromatic N) is 1. The first-order chi connectivity index (χ1) is 18.1. The predicted molar refractivity (Wildman–Crippen MR) is 154 cm³/mol. The van der Waals surface area contributed by atoms with Crippen LogP contribution in [0.2, 0.25) is 0 Å². The Morgan fingerprint density at radius 1 is 0.816 bits per heavy atom. The van der Waals surface area contributed by atoms with Crippen LogP contribution >= 0.6 is 0 Å². The average molecular weight is 504 g/mol. The standard InChI is InChI=1S/C34H33NO3/c1-21(2)22-15-19-26(20-16-22)35-30(24-13-17-25(18-14-24)34(3,4)5)29(32(37)33(35)38)31(36)28-12-8-10-23-9-6-7-11-27(23)28/h6-21,30,36H,1-5H3/b31-29-. The van der Waals surface area contributed by atoms with E-state index in [4.69, 9.17) is 0 Å². The second-order valence-corrected chi connectivity index (χ2v) is 11.3. The zero-order valence-electron chi connectivity index (χ0n) is 22.5. The van der Waals surface area contributed by atoms with Gasteiger partial charge in [-0.25, -0.2) is 0 Å². The number of amides is 1. The Kier molecular flexibility index (Phi) is 6.44. The lowest BCUT2D eigenvalue weighted by atomic mass is 9.85. The molecule has 192 valence electrons. The van der Waals surface area contributed by atoms with E-state index in [1.54, 1.807) is 6.07 Å². The quantitative estimate of drug-likeness (QED) is 0.175. The maximum Gasteiger partial charge on any atom is 0.300 e. The number of benzene rings is 4. The molecule has 1 aliphatic rings. The van der Waals surface area contributed by atoms with Crippen molar-refractivity contribution in [1.29, 1.82) is 0 Å². The summed E-state index contributed by atoms with van der Waals surface area (Å²) in [7, 11) is 0. The molecule has 1 unspecified atom stereocenters. The molecule has 4 nitrogen and oxygen atoms in total. The fourth-order valence-corrected chi connectivity index (χ4v) is 5.18. The molecular formula is C34H33NO3. The molecule has 4 aromatic rings. The number of Topliss-reactive ketones (excluding diaryl/α,β-unsaturated/α-hetero) is 1. The minimum atomic E-state index is -0.757. The second kappa shape index (κ2) is 9.60. The number of hydrogen-bond acceptors (Lipinski definition) is 3. The van der Waals surface area contributed by atoms with Gasteiger partial charge < -0.3 is 5.11 Å². The van der Waals surface area contributed by atoms with Crippen molar-refractivity contribution in [2.45, 2.75) is 52.0 Å². The Hall–Kier alpha value is -4.18. The van der Waals surface area contributed by atoms with Crippen LogP contribution in [-0.2, 0) is 15.0 Å². The van der Waals surface area contributed by atoms with Crippen molar-refractivity contribution in [3.63, 3.8) is 0 Å². The van der Waals surface area contributed by atoms with E-state index in [0.29, 0.717) is 17.2 Å². The van der Waals surface area contributed by atoms with Crippen molar-refractivity contribution in [2.75, 3.05) is 4.90 Å². The summed E-state index contributed by atoms with van der Waals surface area (Å²) in [5, 5.41) is 13.5. The topological polar surface area (TPSA) is 57.6 Å². The van der Waals surface area contributed by atoms with Crippen LogP contribution in [-0.4, -0.2) is 16.8 Å². The lowest BCUT2D eigenvalue weighted by molar-refractivity contribution is -0.132. The SMILES string of the molecule is CC(C)c1ccc(N2C(=O)C(=O)/C(=C(\O)c3cccc4ccccc34)C2c2ccc(C(C)(C)C)cc2)cc1.